The number of aliphatic carboxylic acids is 1. The minimum atomic E-state index is -1.24. The van der Waals surface area contributed by atoms with Gasteiger partial charge in [-0.25, -0.2) is 14.2 Å². The molecule has 2 aromatic carbocycles. The van der Waals surface area contributed by atoms with Crippen LogP contribution in [0.25, 0.3) is 10.9 Å². The molecule has 0 aliphatic carbocycles. The molecule has 1 fully saturated rings. The van der Waals surface area contributed by atoms with Crippen molar-refractivity contribution in [1.82, 2.24) is 19.8 Å². The SMILES string of the molecule is CC(C)C[C@H](NC(=O)[C@H](Cc1ccccc1)n1c(=O)[nH]c2ccccc2c1=O)C(=O)N1CCC[C@@H]1C(=O)O. The van der Waals surface area contributed by atoms with E-state index in [9.17, 15) is 29.1 Å². The summed E-state index contributed by atoms with van der Waals surface area (Å²) in [5.74, 6) is -2.21. The smallest absolute Gasteiger partial charge is 0.329 e. The van der Waals surface area contributed by atoms with Gasteiger partial charge in [-0.2, -0.15) is 0 Å². The average Bonchev–Trinajstić information content (AvgIpc) is 3.38. The van der Waals surface area contributed by atoms with E-state index in [1.54, 1.807) is 48.5 Å². The molecule has 2 heterocycles. The summed E-state index contributed by atoms with van der Waals surface area (Å²) in [6.45, 7) is 4.08. The molecular weight excluding hydrogens is 488 g/mol. The monoisotopic (exact) mass is 520 g/mol. The van der Waals surface area contributed by atoms with Gasteiger partial charge in [-0.3, -0.25) is 14.4 Å². The number of benzene rings is 2. The zero-order chi connectivity index (χ0) is 27.4. The van der Waals surface area contributed by atoms with Crippen LogP contribution in [-0.4, -0.2) is 56.0 Å². The molecule has 10 heteroatoms. The van der Waals surface area contributed by atoms with E-state index in [1.165, 1.54) is 4.90 Å². The Kier molecular flexibility index (Phi) is 8.09. The maximum Gasteiger partial charge on any atom is 0.329 e. The number of para-hydroxylation sites is 1. The van der Waals surface area contributed by atoms with Gasteiger partial charge in [0.15, 0.2) is 0 Å². The van der Waals surface area contributed by atoms with Gasteiger partial charge in [-0.15, -0.1) is 0 Å². The highest BCUT2D eigenvalue weighted by molar-refractivity contribution is 5.92. The number of nitrogens with one attached hydrogen (secondary N) is 2. The number of carboxylic acid groups (broad SMARTS) is 1. The Bertz CT molecular complexity index is 1440. The van der Waals surface area contributed by atoms with Crippen LogP contribution in [0.2, 0.25) is 0 Å². The fraction of sp³-hybridized carbons (Fsp3) is 0.393. The van der Waals surface area contributed by atoms with Crippen LogP contribution in [0.1, 0.15) is 44.7 Å². The second-order valence-corrected chi connectivity index (χ2v) is 10.1. The predicted octanol–water partition coefficient (Wildman–Crippen LogP) is 2.08. The third-order valence-corrected chi connectivity index (χ3v) is 6.87. The number of rotatable bonds is 9. The number of carbonyl (C=O) groups excluding carboxylic acids is 2. The molecular formula is C28H32N4O6. The Morgan fingerprint density at radius 1 is 1.05 bits per heavy atom. The summed E-state index contributed by atoms with van der Waals surface area (Å²) < 4.78 is 0.900. The molecule has 38 heavy (non-hydrogen) atoms. The van der Waals surface area contributed by atoms with Crippen LogP contribution in [0.15, 0.2) is 64.2 Å². The van der Waals surface area contributed by atoms with Crippen molar-refractivity contribution in [2.24, 2.45) is 5.92 Å². The van der Waals surface area contributed by atoms with Gasteiger partial charge in [0.2, 0.25) is 11.8 Å². The van der Waals surface area contributed by atoms with Crippen LogP contribution >= 0.6 is 0 Å². The Hall–Kier alpha value is -4.21. The number of fused-ring (bicyclic) bond motifs is 1. The van der Waals surface area contributed by atoms with Gasteiger partial charge >= 0.3 is 11.7 Å². The number of H-pyrrole nitrogens is 1. The van der Waals surface area contributed by atoms with Crippen LogP contribution in [0.5, 0.6) is 0 Å². The summed E-state index contributed by atoms with van der Waals surface area (Å²) >= 11 is 0. The number of carbonyl (C=O) groups is 3. The molecule has 0 bridgehead atoms. The van der Waals surface area contributed by atoms with Gasteiger partial charge in [0.25, 0.3) is 5.56 Å². The molecule has 0 spiro atoms. The van der Waals surface area contributed by atoms with E-state index in [2.05, 4.69) is 10.3 Å². The second-order valence-electron chi connectivity index (χ2n) is 10.1. The summed E-state index contributed by atoms with van der Waals surface area (Å²) in [7, 11) is 0. The molecule has 3 atom stereocenters. The van der Waals surface area contributed by atoms with E-state index in [-0.39, 0.29) is 30.7 Å². The highest BCUT2D eigenvalue weighted by Gasteiger charge is 2.38. The first-order valence-corrected chi connectivity index (χ1v) is 12.8. The lowest BCUT2D eigenvalue weighted by atomic mass is 10.00. The van der Waals surface area contributed by atoms with Crippen molar-refractivity contribution in [3.8, 4) is 0 Å². The van der Waals surface area contributed by atoms with E-state index in [0.29, 0.717) is 18.4 Å². The first-order valence-electron chi connectivity index (χ1n) is 12.8. The van der Waals surface area contributed by atoms with Crippen molar-refractivity contribution in [3.63, 3.8) is 0 Å². The number of amides is 2. The van der Waals surface area contributed by atoms with Crippen molar-refractivity contribution in [3.05, 3.63) is 81.0 Å². The number of aromatic nitrogens is 2. The highest BCUT2D eigenvalue weighted by atomic mass is 16.4. The maximum atomic E-state index is 13.8. The zero-order valence-corrected chi connectivity index (χ0v) is 21.4. The lowest BCUT2D eigenvalue weighted by molar-refractivity contribution is -0.149. The number of carboxylic acids is 1. The standard InChI is InChI=1S/C28H32N4O6/c1-17(2)15-21(26(35)31-14-8-13-22(31)27(36)37)29-24(33)23(16-18-9-4-3-5-10-18)32-25(34)19-11-6-7-12-20(19)30-28(32)38/h3-7,9-12,17,21-23H,8,13-16H2,1-2H3,(H,29,33)(H,30,38)(H,36,37)/t21-,22+,23-/m0/s1. The topological polar surface area (TPSA) is 142 Å². The Morgan fingerprint density at radius 3 is 2.42 bits per heavy atom. The van der Waals surface area contributed by atoms with E-state index in [1.807, 2.05) is 19.9 Å². The van der Waals surface area contributed by atoms with Gasteiger partial charge in [0, 0.05) is 13.0 Å². The normalized spacial score (nSPS) is 16.9. The summed E-state index contributed by atoms with van der Waals surface area (Å²) in [4.78, 5) is 69.5. The summed E-state index contributed by atoms with van der Waals surface area (Å²) in [6, 6.07) is 12.4. The number of hydrogen-bond acceptors (Lipinski definition) is 5. The fourth-order valence-electron chi connectivity index (χ4n) is 5.05. The van der Waals surface area contributed by atoms with E-state index < -0.39 is 47.2 Å². The van der Waals surface area contributed by atoms with Crippen LogP contribution < -0.4 is 16.6 Å². The third-order valence-electron chi connectivity index (χ3n) is 6.87. The molecule has 3 N–H and O–H groups in total. The zero-order valence-electron chi connectivity index (χ0n) is 21.4. The largest absolute Gasteiger partial charge is 0.480 e. The summed E-state index contributed by atoms with van der Waals surface area (Å²) in [5.41, 5.74) is -0.261. The highest BCUT2D eigenvalue weighted by Crippen LogP contribution is 2.21. The minimum Gasteiger partial charge on any atom is -0.480 e. The predicted molar refractivity (Wildman–Crippen MR) is 142 cm³/mol. The fourth-order valence-corrected chi connectivity index (χ4v) is 5.05. The van der Waals surface area contributed by atoms with Gasteiger partial charge in [-0.05, 0) is 42.9 Å². The molecule has 3 aromatic rings. The Morgan fingerprint density at radius 2 is 1.74 bits per heavy atom. The van der Waals surface area contributed by atoms with Crippen LogP contribution in [0.4, 0.5) is 0 Å². The number of likely N-dealkylation sites (tertiary alicyclic amines) is 1. The van der Waals surface area contributed by atoms with Crippen LogP contribution in [0, 0.1) is 5.92 Å². The average molecular weight is 521 g/mol. The summed E-state index contributed by atoms with van der Waals surface area (Å²) in [6.07, 6.45) is 1.22. The second kappa shape index (κ2) is 11.5. The maximum absolute atomic E-state index is 13.8. The molecule has 0 saturated carbocycles. The van der Waals surface area contributed by atoms with Crippen molar-refractivity contribution >= 4 is 28.7 Å². The van der Waals surface area contributed by atoms with E-state index in [0.717, 1.165) is 10.1 Å². The van der Waals surface area contributed by atoms with Crippen LogP contribution in [0.3, 0.4) is 0 Å². The van der Waals surface area contributed by atoms with Gasteiger partial charge in [0.1, 0.15) is 18.1 Å². The Balaban J connectivity index is 1.73. The van der Waals surface area contributed by atoms with Crippen molar-refractivity contribution in [2.45, 2.75) is 57.7 Å². The molecule has 4 rings (SSSR count). The molecule has 10 nitrogen and oxygen atoms in total. The lowest BCUT2D eigenvalue weighted by Crippen LogP contribution is -2.54. The first-order chi connectivity index (χ1) is 18.2. The minimum absolute atomic E-state index is 0.00880. The van der Waals surface area contributed by atoms with Gasteiger partial charge in [0.05, 0.1) is 10.9 Å². The molecule has 1 saturated heterocycles. The lowest BCUT2D eigenvalue weighted by Gasteiger charge is -2.29. The van der Waals surface area contributed by atoms with Gasteiger partial charge < -0.3 is 20.3 Å². The van der Waals surface area contributed by atoms with Crippen molar-refractivity contribution in [2.75, 3.05) is 6.54 Å². The van der Waals surface area contributed by atoms with Crippen molar-refractivity contribution in [1.29, 1.82) is 0 Å². The molecule has 2 amide bonds. The van der Waals surface area contributed by atoms with Crippen LogP contribution in [-0.2, 0) is 20.8 Å². The number of aromatic amines is 1. The number of nitrogens with zero attached hydrogens (tertiary/aromatic N) is 2. The molecule has 200 valence electrons. The molecule has 1 aliphatic rings. The molecule has 1 aromatic heterocycles. The molecule has 0 radical (unpaired) electrons. The summed E-state index contributed by atoms with van der Waals surface area (Å²) in [5, 5.41) is 12.6. The van der Waals surface area contributed by atoms with E-state index in [4.69, 9.17) is 0 Å². The quantitative estimate of drug-likeness (QED) is 0.394. The van der Waals surface area contributed by atoms with Gasteiger partial charge in [-0.1, -0.05) is 56.3 Å². The van der Waals surface area contributed by atoms with Crippen molar-refractivity contribution < 1.29 is 19.5 Å². The molecule has 1 aliphatic heterocycles. The third kappa shape index (κ3) is 5.69. The number of hydrogen-bond donors (Lipinski definition) is 3. The molecule has 0 unspecified atom stereocenters. The van der Waals surface area contributed by atoms with E-state index >= 15 is 0 Å². The Labute approximate surface area is 219 Å². The first kappa shape index (κ1) is 26.8.